The molecule has 1 atom stereocenters. The summed E-state index contributed by atoms with van der Waals surface area (Å²) >= 11 is 12.3. The second-order valence-electron chi connectivity index (χ2n) is 9.10. The lowest BCUT2D eigenvalue weighted by molar-refractivity contribution is -0.117. The number of halogens is 2. The molecule has 3 aromatic carbocycles. The summed E-state index contributed by atoms with van der Waals surface area (Å²) in [6.07, 6.45) is 3.87. The van der Waals surface area contributed by atoms with Crippen LogP contribution in [0.15, 0.2) is 72.8 Å². The molecule has 1 unspecified atom stereocenters. The number of carbonyl (C=O) groups excluding carboxylic acids is 2. The summed E-state index contributed by atoms with van der Waals surface area (Å²) in [7, 11) is 0. The molecule has 0 saturated carbocycles. The minimum absolute atomic E-state index is 0.188. The van der Waals surface area contributed by atoms with E-state index in [0.717, 1.165) is 46.4 Å². The Morgan fingerprint density at radius 1 is 1.03 bits per heavy atom. The number of benzene rings is 3. The topological polar surface area (TPSA) is 84.2 Å². The Bertz CT molecular complexity index is 1400. The van der Waals surface area contributed by atoms with Crippen LogP contribution < -0.4 is 16.4 Å². The summed E-state index contributed by atoms with van der Waals surface area (Å²) in [6, 6.07) is 18.3. The third-order valence-electron chi connectivity index (χ3n) is 6.58. The molecule has 37 heavy (non-hydrogen) atoms. The molecule has 1 aliphatic rings. The zero-order valence-corrected chi connectivity index (χ0v) is 22.1. The Morgan fingerprint density at radius 3 is 2.57 bits per heavy atom. The van der Waals surface area contributed by atoms with Gasteiger partial charge in [-0.15, -0.1) is 0 Å². The van der Waals surface area contributed by atoms with Crippen LogP contribution in [0, 0.1) is 0 Å². The van der Waals surface area contributed by atoms with Crippen molar-refractivity contribution in [1.29, 1.82) is 0 Å². The summed E-state index contributed by atoms with van der Waals surface area (Å²) in [5, 5.41) is 6.95. The zero-order valence-electron chi connectivity index (χ0n) is 20.6. The number of nitrogens with two attached hydrogens (primary N) is 1. The molecule has 5 nitrogen and oxygen atoms in total. The largest absolute Gasteiger partial charge is 0.330 e. The Balaban J connectivity index is 1.59. The van der Waals surface area contributed by atoms with Crippen LogP contribution in [0.5, 0.6) is 0 Å². The van der Waals surface area contributed by atoms with E-state index in [9.17, 15) is 9.59 Å². The summed E-state index contributed by atoms with van der Waals surface area (Å²) < 4.78 is 0. The van der Waals surface area contributed by atoms with Gasteiger partial charge in [-0.25, -0.2) is 0 Å². The molecule has 0 fully saturated rings. The average Bonchev–Trinajstić information content (AvgIpc) is 2.90. The van der Waals surface area contributed by atoms with Crippen molar-refractivity contribution in [3.8, 4) is 0 Å². The van der Waals surface area contributed by atoms with E-state index in [1.807, 2.05) is 37.3 Å². The standard InChI is InChI=1S/C30H29Cl2N3O2/c1-3-19-5-4-6-22(15-19)29(36)35-28-18(2)7-8-20-9-11-23(17-25(20)28)34-30(37)24(13-14-33)21-10-12-26(31)27(32)16-21/h3-6,9-12,15-17,24H,1,7-8,13-14,33H2,2H3,(H,34,37)(H,35,36). The van der Waals surface area contributed by atoms with Crippen molar-refractivity contribution in [2.24, 2.45) is 5.73 Å². The Hall–Kier alpha value is -3.38. The second-order valence-corrected chi connectivity index (χ2v) is 9.92. The highest BCUT2D eigenvalue weighted by Crippen LogP contribution is 2.33. The van der Waals surface area contributed by atoms with E-state index in [4.69, 9.17) is 28.9 Å². The Kier molecular flexibility index (Phi) is 8.49. The molecule has 0 saturated heterocycles. The van der Waals surface area contributed by atoms with E-state index in [0.29, 0.717) is 34.3 Å². The molecule has 0 heterocycles. The van der Waals surface area contributed by atoms with Crippen LogP contribution >= 0.6 is 23.2 Å². The lowest BCUT2D eigenvalue weighted by Crippen LogP contribution is -2.26. The van der Waals surface area contributed by atoms with Crippen LogP contribution in [0.4, 0.5) is 5.69 Å². The Morgan fingerprint density at radius 2 is 1.84 bits per heavy atom. The van der Waals surface area contributed by atoms with Gasteiger partial charge in [0.2, 0.25) is 5.91 Å². The van der Waals surface area contributed by atoms with Gasteiger partial charge >= 0.3 is 0 Å². The molecular formula is C30H29Cl2N3O2. The van der Waals surface area contributed by atoms with Crippen LogP contribution in [0.25, 0.3) is 11.8 Å². The highest BCUT2D eigenvalue weighted by molar-refractivity contribution is 6.42. The van der Waals surface area contributed by atoms with Crippen molar-refractivity contribution in [3.05, 3.63) is 111 Å². The number of hydrogen-bond donors (Lipinski definition) is 3. The lowest BCUT2D eigenvalue weighted by Gasteiger charge is -2.24. The van der Waals surface area contributed by atoms with Gasteiger partial charge in [-0.2, -0.15) is 0 Å². The van der Waals surface area contributed by atoms with Crippen LogP contribution in [0.2, 0.25) is 10.0 Å². The van der Waals surface area contributed by atoms with E-state index >= 15 is 0 Å². The lowest BCUT2D eigenvalue weighted by atomic mass is 9.89. The van der Waals surface area contributed by atoms with E-state index < -0.39 is 5.92 Å². The molecule has 0 aliphatic heterocycles. The molecule has 3 aromatic rings. The quantitative estimate of drug-likeness (QED) is 0.297. The molecule has 7 heteroatoms. The van der Waals surface area contributed by atoms with Crippen LogP contribution in [-0.4, -0.2) is 18.4 Å². The number of nitrogens with one attached hydrogen (secondary N) is 2. The molecule has 0 radical (unpaired) electrons. The fourth-order valence-electron chi connectivity index (χ4n) is 4.52. The molecule has 2 amide bonds. The molecule has 4 N–H and O–H groups in total. The normalized spacial score (nSPS) is 13.5. The zero-order chi connectivity index (χ0) is 26.5. The first kappa shape index (κ1) is 26.7. The Labute approximate surface area is 227 Å². The monoisotopic (exact) mass is 533 g/mol. The van der Waals surface area contributed by atoms with Crippen LogP contribution in [0.3, 0.4) is 0 Å². The first-order chi connectivity index (χ1) is 17.8. The van der Waals surface area contributed by atoms with Gasteiger partial charge in [0.15, 0.2) is 0 Å². The SMILES string of the molecule is C=Cc1cccc(C(=O)NC2=C(C)CCc3ccc(NC(=O)C(CCN)c4ccc(Cl)c(Cl)c4)cc32)c1. The molecule has 0 spiro atoms. The van der Waals surface area contributed by atoms with E-state index in [1.54, 1.807) is 36.4 Å². The first-order valence-electron chi connectivity index (χ1n) is 12.1. The van der Waals surface area contributed by atoms with Crippen molar-refractivity contribution >= 4 is 52.5 Å². The van der Waals surface area contributed by atoms with Crippen molar-refractivity contribution < 1.29 is 9.59 Å². The molecule has 0 aromatic heterocycles. The van der Waals surface area contributed by atoms with Gasteiger partial charge in [-0.3, -0.25) is 9.59 Å². The molecule has 190 valence electrons. The van der Waals surface area contributed by atoms with Gasteiger partial charge in [0, 0.05) is 22.5 Å². The van der Waals surface area contributed by atoms with Gasteiger partial charge in [-0.05, 0) is 91.4 Å². The highest BCUT2D eigenvalue weighted by atomic mass is 35.5. The van der Waals surface area contributed by atoms with Crippen molar-refractivity contribution in [3.63, 3.8) is 0 Å². The average molecular weight is 534 g/mol. The van der Waals surface area contributed by atoms with Gasteiger partial charge in [-0.1, -0.05) is 60.1 Å². The third kappa shape index (κ3) is 6.13. The van der Waals surface area contributed by atoms with E-state index in [1.165, 1.54) is 0 Å². The summed E-state index contributed by atoms with van der Waals surface area (Å²) in [6.45, 7) is 6.14. The van der Waals surface area contributed by atoms with Crippen LogP contribution in [0.1, 0.15) is 58.3 Å². The third-order valence-corrected chi connectivity index (χ3v) is 7.32. The molecule has 4 rings (SSSR count). The fourth-order valence-corrected chi connectivity index (χ4v) is 4.83. The summed E-state index contributed by atoms with van der Waals surface area (Å²) in [5.74, 6) is -0.862. The maximum absolute atomic E-state index is 13.3. The number of rotatable bonds is 8. The van der Waals surface area contributed by atoms with E-state index in [-0.39, 0.29) is 11.8 Å². The summed E-state index contributed by atoms with van der Waals surface area (Å²) in [4.78, 5) is 26.4. The number of amides is 2. The summed E-state index contributed by atoms with van der Waals surface area (Å²) in [5.41, 5.74) is 12.5. The number of aryl methyl sites for hydroxylation is 1. The van der Waals surface area contributed by atoms with Crippen molar-refractivity contribution in [1.82, 2.24) is 5.32 Å². The molecule has 0 bridgehead atoms. The van der Waals surface area contributed by atoms with Gasteiger partial charge in [0.25, 0.3) is 5.91 Å². The fraction of sp³-hybridized carbons (Fsp3) is 0.200. The highest BCUT2D eigenvalue weighted by Gasteiger charge is 2.23. The van der Waals surface area contributed by atoms with Crippen LogP contribution in [-0.2, 0) is 11.2 Å². The number of hydrogen-bond acceptors (Lipinski definition) is 3. The van der Waals surface area contributed by atoms with Crippen molar-refractivity contribution in [2.75, 3.05) is 11.9 Å². The maximum atomic E-state index is 13.3. The van der Waals surface area contributed by atoms with Gasteiger partial charge < -0.3 is 16.4 Å². The minimum Gasteiger partial charge on any atom is -0.330 e. The first-order valence-corrected chi connectivity index (χ1v) is 12.9. The second kappa shape index (κ2) is 11.8. The number of allylic oxidation sites excluding steroid dienone is 1. The van der Waals surface area contributed by atoms with Crippen molar-refractivity contribution in [2.45, 2.75) is 32.1 Å². The minimum atomic E-state index is -0.482. The van der Waals surface area contributed by atoms with E-state index in [2.05, 4.69) is 17.2 Å². The van der Waals surface area contributed by atoms with Gasteiger partial charge in [0.05, 0.1) is 16.0 Å². The molecule has 1 aliphatic carbocycles. The number of fused-ring (bicyclic) bond motifs is 1. The predicted octanol–water partition coefficient (Wildman–Crippen LogP) is 6.81. The number of anilines is 1. The van der Waals surface area contributed by atoms with Gasteiger partial charge in [0.1, 0.15) is 0 Å². The molecular weight excluding hydrogens is 505 g/mol. The number of carbonyl (C=O) groups is 2. The smallest absolute Gasteiger partial charge is 0.255 e. The predicted molar refractivity (Wildman–Crippen MR) is 153 cm³/mol. The maximum Gasteiger partial charge on any atom is 0.255 e.